The lowest BCUT2D eigenvalue weighted by atomic mass is 9.96. The first kappa shape index (κ1) is 17.8. The molecule has 0 bridgehead atoms. The second-order valence-corrected chi connectivity index (χ2v) is 7.31. The number of pyridine rings is 1. The highest BCUT2D eigenvalue weighted by atomic mass is 32.1. The molecule has 142 valence electrons. The van der Waals surface area contributed by atoms with Gasteiger partial charge in [0.25, 0.3) is 0 Å². The van der Waals surface area contributed by atoms with Gasteiger partial charge in [-0.2, -0.15) is 5.10 Å². The third-order valence-corrected chi connectivity index (χ3v) is 5.47. The number of nitrogens with zero attached hydrogens (tertiary/aromatic N) is 6. The maximum absolute atomic E-state index is 12.8. The minimum Gasteiger partial charge on any atom is -0.341 e. The second kappa shape index (κ2) is 7.59. The molecule has 9 heteroatoms. The van der Waals surface area contributed by atoms with Gasteiger partial charge < -0.3 is 4.90 Å². The van der Waals surface area contributed by atoms with Gasteiger partial charge in [-0.25, -0.2) is 0 Å². The lowest BCUT2D eigenvalue weighted by Crippen LogP contribution is -2.40. The number of amides is 1. The minimum atomic E-state index is 0.0920. The van der Waals surface area contributed by atoms with Crippen molar-refractivity contribution in [3.8, 4) is 0 Å². The van der Waals surface area contributed by atoms with E-state index in [9.17, 15) is 4.79 Å². The Morgan fingerprint density at radius 2 is 2.11 bits per heavy atom. The van der Waals surface area contributed by atoms with E-state index in [0.29, 0.717) is 10.7 Å². The number of carbonyl (C=O) groups excluding carboxylic acids is 1. The fraction of sp³-hybridized carbons (Fsp3) is 0.500. The van der Waals surface area contributed by atoms with Crippen LogP contribution in [0.2, 0.25) is 0 Å². The van der Waals surface area contributed by atoms with E-state index in [4.69, 9.17) is 12.2 Å². The lowest BCUT2D eigenvalue weighted by molar-refractivity contribution is -0.133. The molecule has 0 radical (unpaired) electrons. The van der Waals surface area contributed by atoms with E-state index in [2.05, 4.69) is 27.3 Å². The smallest absolute Gasteiger partial charge is 0.242 e. The van der Waals surface area contributed by atoms with Crippen LogP contribution in [0.4, 0.5) is 0 Å². The van der Waals surface area contributed by atoms with Gasteiger partial charge in [0.15, 0.2) is 10.4 Å². The molecule has 1 saturated heterocycles. The molecule has 0 unspecified atom stereocenters. The Morgan fingerprint density at radius 1 is 1.30 bits per heavy atom. The Balaban J connectivity index is 1.41. The van der Waals surface area contributed by atoms with Crippen molar-refractivity contribution >= 4 is 23.8 Å². The van der Waals surface area contributed by atoms with Crippen molar-refractivity contribution in [2.45, 2.75) is 45.1 Å². The predicted octanol–water partition coefficient (Wildman–Crippen LogP) is 2.34. The van der Waals surface area contributed by atoms with Crippen molar-refractivity contribution in [2.75, 3.05) is 13.1 Å². The standard InChI is InChI=1S/C18H23N7OS/c1-2-5-14-20-22-18(27)25(14)12-16(26)23-10-7-13(8-11-23)17-21-19-15-6-3-4-9-24(15)17/h3-4,6,9,13H,2,5,7-8,10-12H2,1H3,(H,22,27). The molecule has 0 atom stereocenters. The highest BCUT2D eigenvalue weighted by molar-refractivity contribution is 7.71. The molecule has 8 nitrogen and oxygen atoms in total. The lowest BCUT2D eigenvalue weighted by Gasteiger charge is -2.31. The summed E-state index contributed by atoms with van der Waals surface area (Å²) in [4.78, 5) is 14.7. The summed E-state index contributed by atoms with van der Waals surface area (Å²) < 4.78 is 4.38. The van der Waals surface area contributed by atoms with Crippen LogP contribution in [0.15, 0.2) is 24.4 Å². The third-order valence-electron chi connectivity index (χ3n) is 5.16. The van der Waals surface area contributed by atoms with Crippen molar-refractivity contribution in [1.82, 2.24) is 34.3 Å². The Kier molecular flexibility index (Phi) is 5.02. The Morgan fingerprint density at radius 3 is 2.89 bits per heavy atom. The maximum Gasteiger partial charge on any atom is 0.242 e. The topological polar surface area (TPSA) is 84.1 Å². The van der Waals surface area contributed by atoms with Crippen LogP contribution >= 0.6 is 12.2 Å². The summed E-state index contributed by atoms with van der Waals surface area (Å²) in [5.41, 5.74) is 0.865. The van der Waals surface area contributed by atoms with Crippen LogP contribution in [-0.2, 0) is 17.8 Å². The highest BCUT2D eigenvalue weighted by Crippen LogP contribution is 2.27. The number of carbonyl (C=O) groups is 1. The predicted molar refractivity (Wildman–Crippen MR) is 103 cm³/mol. The number of rotatable bonds is 5. The number of H-pyrrole nitrogens is 1. The normalized spacial score (nSPS) is 15.5. The Hall–Kier alpha value is -2.55. The molecule has 1 N–H and O–H groups in total. The van der Waals surface area contributed by atoms with E-state index in [1.165, 1.54) is 0 Å². The van der Waals surface area contributed by atoms with Gasteiger partial charge in [0, 0.05) is 31.6 Å². The fourth-order valence-corrected chi connectivity index (χ4v) is 3.90. The van der Waals surface area contributed by atoms with Crippen LogP contribution in [-0.4, -0.2) is 53.3 Å². The molecule has 1 fully saturated rings. The number of likely N-dealkylation sites (tertiary alicyclic amines) is 1. The van der Waals surface area contributed by atoms with Crippen LogP contribution < -0.4 is 0 Å². The molecule has 1 aliphatic rings. The fourth-order valence-electron chi connectivity index (χ4n) is 3.69. The van der Waals surface area contributed by atoms with E-state index in [-0.39, 0.29) is 12.5 Å². The first-order valence-corrected chi connectivity index (χ1v) is 9.79. The van der Waals surface area contributed by atoms with Crippen LogP contribution in [0.5, 0.6) is 0 Å². The van der Waals surface area contributed by atoms with Gasteiger partial charge in [0.05, 0.1) is 0 Å². The molecule has 3 aromatic heterocycles. The highest BCUT2D eigenvalue weighted by Gasteiger charge is 2.27. The van der Waals surface area contributed by atoms with Gasteiger partial charge in [-0.1, -0.05) is 13.0 Å². The Bertz CT molecular complexity index is 996. The van der Waals surface area contributed by atoms with Gasteiger partial charge in [0.1, 0.15) is 18.2 Å². The summed E-state index contributed by atoms with van der Waals surface area (Å²) in [6.07, 6.45) is 5.55. The van der Waals surface area contributed by atoms with Gasteiger partial charge in [-0.3, -0.25) is 18.9 Å². The molecule has 27 heavy (non-hydrogen) atoms. The number of fused-ring (bicyclic) bond motifs is 1. The maximum atomic E-state index is 12.8. The minimum absolute atomic E-state index is 0.0920. The van der Waals surface area contributed by atoms with Crippen LogP contribution in [0.25, 0.3) is 5.65 Å². The van der Waals surface area contributed by atoms with Crippen LogP contribution in [0.3, 0.4) is 0 Å². The quantitative estimate of drug-likeness (QED) is 0.682. The molecule has 1 aliphatic heterocycles. The summed E-state index contributed by atoms with van der Waals surface area (Å²) in [7, 11) is 0. The second-order valence-electron chi connectivity index (χ2n) is 6.92. The van der Waals surface area contributed by atoms with E-state index < -0.39 is 0 Å². The number of piperidine rings is 1. The van der Waals surface area contributed by atoms with Crippen molar-refractivity contribution in [2.24, 2.45) is 0 Å². The van der Waals surface area contributed by atoms with Gasteiger partial charge >= 0.3 is 0 Å². The van der Waals surface area contributed by atoms with E-state index >= 15 is 0 Å². The molecule has 0 saturated carbocycles. The third kappa shape index (κ3) is 3.51. The van der Waals surface area contributed by atoms with Gasteiger partial charge in [-0.15, -0.1) is 10.2 Å². The molecule has 4 rings (SSSR count). The average molecular weight is 385 g/mol. The van der Waals surface area contributed by atoms with Gasteiger partial charge in [-0.05, 0) is 43.6 Å². The molecular formula is C18H23N7OS. The van der Waals surface area contributed by atoms with Crippen molar-refractivity contribution in [3.05, 3.63) is 40.8 Å². The molecule has 0 aromatic carbocycles. The summed E-state index contributed by atoms with van der Waals surface area (Å²) in [6, 6.07) is 5.90. The summed E-state index contributed by atoms with van der Waals surface area (Å²) >= 11 is 5.28. The summed E-state index contributed by atoms with van der Waals surface area (Å²) in [5.74, 6) is 2.24. The SMILES string of the molecule is CCCc1n[nH]c(=S)n1CC(=O)N1CCC(c2nnc3ccccn23)CC1. The van der Waals surface area contributed by atoms with Crippen molar-refractivity contribution < 1.29 is 4.79 Å². The van der Waals surface area contributed by atoms with Crippen LogP contribution in [0.1, 0.15) is 43.8 Å². The summed E-state index contributed by atoms with van der Waals surface area (Å²) in [6.45, 7) is 3.78. The zero-order valence-electron chi connectivity index (χ0n) is 15.3. The first-order chi connectivity index (χ1) is 13.2. The molecule has 0 spiro atoms. The number of nitrogens with one attached hydrogen (secondary N) is 1. The first-order valence-electron chi connectivity index (χ1n) is 9.39. The van der Waals surface area contributed by atoms with Crippen molar-refractivity contribution in [3.63, 3.8) is 0 Å². The molecular weight excluding hydrogens is 362 g/mol. The number of aromatic amines is 1. The number of hydrogen-bond donors (Lipinski definition) is 1. The Labute approximate surface area is 162 Å². The van der Waals surface area contributed by atoms with E-state index in [0.717, 1.165) is 56.1 Å². The molecule has 1 amide bonds. The number of aromatic nitrogens is 6. The van der Waals surface area contributed by atoms with Gasteiger partial charge in [0.2, 0.25) is 5.91 Å². The number of aryl methyl sites for hydroxylation is 1. The summed E-state index contributed by atoms with van der Waals surface area (Å²) in [5, 5.41) is 15.6. The zero-order valence-corrected chi connectivity index (χ0v) is 16.2. The largest absolute Gasteiger partial charge is 0.341 e. The van der Waals surface area contributed by atoms with Crippen molar-refractivity contribution in [1.29, 1.82) is 0 Å². The molecule has 4 heterocycles. The monoisotopic (exact) mass is 385 g/mol. The average Bonchev–Trinajstić information content (AvgIpc) is 3.27. The van der Waals surface area contributed by atoms with E-state index in [1.54, 1.807) is 0 Å². The molecule has 3 aromatic rings. The molecule has 0 aliphatic carbocycles. The number of hydrogen-bond acceptors (Lipinski definition) is 5. The van der Waals surface area contributed by atoms with Crippen LogP contribution in [0, 0.1) is 4.77 Å². The zero-order chi connectivity index (χ0) is 18.8. The van der Waals surface area contributed by atoms with E-state index in [1.807, 2.05) is 38.3 Å².